The molecule has 0 saturated carbocycles. The number of pyridine rings is 1. The molecule has 4 heteroatoms. The van der Waals surface area contributed by atoms with Gasteiger partial charge in [0.25, 0.3) is 0 Å². The zero-order chi connectivity index (χ0) is 13.0. The second-order valence-corrected chi connectivity index (χ2v) is 3.63. The molecule has 0 fully saturated rings. The summed E-state index contributed by atoms with van der Waals surface area (Å²) < 4.78 is 12.7. The number of hydrogen-bond donors (Lipinski definition) is 1. The van der Waals surface area contributed by atoms with Gasteiger partial charge in [-0.3, -0.25) is 0 Å². The highest BCUT2D eigenvalue weighted by molar-refractivity contribution is 5.91. The number of aromatic nitrogens is 1. The number of aromatic carboxylic acids is 1. The summed E-state index contributed by atoms with van der Waals surface area (Å²) >= 11 is 0. The average Bonchev–Trinajstić information content (AvgIpc) is 2.38. The topological polar surface area (TPSA) is 50.2 Å². The maximum absolute atomic E-state index is 12.7. The van der Waals surface area contributed by atoms with E-state index in [1.54, 1.807) is 36.4 Å². The number of carboxylic acids is 1. The fourth-order valence-corrected chi connectivity index (χ4v) is 1.49. The van der Waals surface area contributed by atoms with Crippen LogP contribution >= 0.6 is 0 Å². The summed E-state index contributed by atoms with van der Waals surface area (Å²) in [6.45, 7) is 0. The number of rotatable bonds is 3. The van der Waals surface area contributed by atoms with Gasteiger partial charge in [-0.15, -0.1) is 0 Å². The SMILES string of the molecule is O=C(O)c1ncccc1C=Cc1ccc(F)cc1. The van der Waals surface area contributed by atoms with Crippen molar-refractivity contribution in [3.63, 3.8) is 0 Å². The van der Waals surface area contributed by atoms with Crippen molar-refractivity contribution in [3.05, 3.63) is 65.2 Å². The maximum atomic E-state index is 12.7. The highest BCUT2D eigenvalue weighted by Gasteiger charge is 2.07. The standard InChI is InChI=1S/C14H10FNO2/c15-12-7-4-10(5-8-12)3-6-11-2-1-9-16-13(11)14(17)18/h1-9H,(H,17,18). The number of halogens is 1. The Balaban J connectivity index is 2.29. The Morgan fingerprint density at radius 2 is 1.89 bits per heavy atom. The minimum absolute atomic E-state index is 0.00383. The predicted molar refractivity (Wildman–Crippen MR) is 66.5 cm³/mol. The molecule has 0 aliphatic heterocycles. The van der Waals surface area contributed by atoms with Crippen LogP contribution in [-0.4, -0.2) is 16.1 Å². The number of carbonyl (C=O) groups is 1. The number of hydrogen-bond acceptors (Lipinski definition) is 2. The molecule has 0 atom stereocenters. The lowest BCUT2D eigenvalue weighted by Crippen LogP contribution is -2.02. The summed E-state index contributed by atoms with van der Waals surface area (Å²) in [6.07, 6.45) is 4.78. The van der Waals surface area contributed by atoms with E-state index >= 15 is 0 Å². The molecule has 18 heavy (non-hydrogen) atoms. The van der Waals surface area contributed by atoms with Gasteiger partial charge < -0.3 is 5.11 Å². The molecule has 0 aliphatic rings. The molecule has 0 unspecified atom stereocenters. The van der Waals surface area contributed by atoms with Crippen molar-refractivity contribution >= 4 is 18.1 Å². The van der Waals surface area contributed by atoms with Crippen molar-refractivity contribution in [1.29, 1.82) is 0 Å². The van der Waals surface area contributed by atoms with E-state index in [9.17, 15) is 9.18 Å². The van der Waals surface area contributed by atoms with E-state index in [4.69, 9.17) is 5.11 Å². The Kier molecular flexibility index (Phi) is 3.48. The summed E-state index contributed by atoms with van der Waals surface area (Å²) in [5.41, 5.74) is 1.29. The normalized spacial score (nSPS) is 10.7. The van der Waals surface area contributed by atoms with Crippen LogP contribution in [0.25, 0.3) is 12.2 Å². The van der Waals surface area contributed by atoms with Crippen LogP contribution in [0.1, 0.15) is 21.6 Å². The largest absolute Gasteiger partial charge is 0.476 e. The molecule has 1 N–H and O–H groups in total. The lowest BCUT2D eigenvalue weighted by Gasteiger charge is -1.99. The van der Waals surface area contributed by atoms with Gasteiger partial charge in [0, 0.05) is 11.8 Å². The van der Waals surface area contributed by atoms with Gasteiger partial charge in [0.2, 0.25) is 0 Å². The summed E-state index contributed by atoms with van der Waals surface area (Å²) in [5.74, 6) is -1.38. The highest BCUT2D eigenvalue weighted by Crippen LogP contribution is 2.11. The maximum Gasteiger partial charge on any atom is 0.355 e. The molecule has 1 heterocycles. The van der Waals surface area contributed by atoms with Gasteiger partial charge in [-0.2, -0.15) is 0 Å². The first kappa shape index (κ1) is 12.0. The molecule has 2 aromatic rings. The quantitative estimate of drug-likeness (QED) is 0.901. The first-order valence-electron chi connectivity index (χ1n) is 5.29. The molecule has 1 aromatic carbocycles. The van der Waals surface area contributed by atoms with Crippen molar-refractivity contribution in [3.8, 4) is 0 Å². The van der Waals surface area contributed by atoms with Gasteiger partial charge >= 0.3 is 5.97 Å². The fourth-order valence-electron chi connectivity index (χ4n) is 1.49. The van der Waals surface area contributed by atoms with Crippen LogP contribution in [0.15, 0.2) is 42.6 Å². The van der Waals surface area contributed by atoms with E-state index < -0.39 is 5.97 Å². The van der Waals surface area contributed by atoms with E-state index in [1.165, 1.54) is 18.3 Å². The van der Waals surface area contributed by atoms with Gasteiger partial charge in [-0.25, -0.2) is 14.2 Å². The van der Waals surface area contributed by atoms with Crippen LogP contribution in [-0.2, 0) is 0 Å². The molecule has 0 radical (unpaired) electrons. The molecule has 0 saturated heterocycles. The molecular weight excluding hydrogens is 233 g/mol. The highest BCUT2D eigenvalue weighted by atomic mass is 19.1. The van der Waals surface area contributed by atoms with Crippen molar-refractivity contribution in [1.82, 2.24) is 4.98 Å². The molecule has 0 amide bonds. The van der Waals surface area contributed by atoms with Gasteiger partial charge in [-0.1, -0.05) is 30.4 Å². The third-order valence-corrected chi connectivity index (χ3v) is 2.37. The molecule has 90 valence electrons. The Hall–Kier alpha value is -2.49. The van der Waals surface area contributed by atoms with Crippen molar-refractivity contribution in [2.24, 2.45) is 0 Å². The van der Waals surface area contributed by atoms with Crippen molar-refractivity contribution in [2.75, 3.05) is 0 Å². The zero-order valence-corrected chi connectivity index (χ0v) is 9.38. The van der Waals surface area contributed by atoms with Gasteiger partial charge in [0.15, 0.2) is 5.69 Å². The first-order chi connectivity index (χ1) is 8.66. The third-order valence-electron chi connectivity index (χ3n) is 2.37. The predicted octanol–water partition coefficient (Wildman–Crippen LogP) is 3.09. The minimum Gasteiger partial charge on any atom is -0.476 e. The molecular formula is C14H10FNO2. The van der Waals surface area contributed by atoms with Crippen molar-refractivity contribution < 1.29 is 14.3 Å². The second kappa shape index (κ2) is 5.23. The van der Waals surface area contributed by atoms with Gasteiger partial charge in [0.05, 0.1) is 0 Å². The van der Waals surface area contributed by atoms with E-state index in [0.29, 0.717) is 5.56 Å². The molecule has 0 aliphatic carbocycles. The first-order valence-corrected chi connectivity index (χ1v) is 5.29. The Morgan fingerprint density at radius 1 is 1.17 bits per heavy atom. The summed E-state index contributed by atoms with van der Waals surface area (Å²) in [5, 5.41) is 8.95. The van der Waals surface area contributed by atoms with Crippen LogP contribution < -0.4 is 0 Å². The van der Waals surface area contributed by atoms with Crippen LogP contribution in [0.3, 0.4) is 0 Å². The lowest BCUT2D eigenvalue weighted by molar-refractivity contribution is 0.0690. The average molecular weight is 243 g/mol. The van der Waals surface area contributed by atoms with Crippen molar-refractivity contribution in [2.45, 2.75) is 0 Å². The Morgan fingerprint density at radius 3 is 2.56 bits per heavy atom. The Labute approximate surface area is 103 Å². The number of nitrogens with zero attached hydrogens (tertiary/aromatic N) is 1. The molecule has 2 rings (SSSR count). The lowest BCUT2D eigenvalue weighted by atomic mass is 10.1. The van der Waals surface area contributed by atoms with E-state index in [1.807, 2.05) is 0 Å². The van der Waals surface area contributed by atoms with Crippen LogP contribution in [0.5, 0.6) is 0 Å². The Bertz CT molecular complexity index is 591. The zero-order valence-electron chi connectivity index (χ0n) is 9.38. The summed E-state index contributed by atoms with van der Waals surface area (Å²) in [4.78, 5) is 14.7. The molecule has 1 aromatic heterocycles. The van der Waals surface area contributed by atoms with Gasteiger partial charge in [-0.05, 0) is 23.8 Å². The van der Waals surface area contributed by atoms with Crippen LogP contribution in [0, 0.1) is 5.82 Å². The van der Waals surface area contributed by atoms with Gasteiger partial charge in [0.1, 0.15) is 5.82 Å². The molecule has 0 bridgehead atoms. The third kappa shape index (κ3) is 2.79. The number of benzene rings is 1. The minimum atomic E-state index is -1.07. The molecule has 0 spiro atoms. The summed E-state index contributed by atoms with van der Waals surface area (Å²) in [6, 6.07) is 9.25. The second-order valence-electron chi connectivity index (χ2n) is 3.63. The van der Waals surface area contributed by atoms with Crippen LogP contribution in [0.2, 0.25) is 0 Å². The monoisotopic (exact) mass is 243 g/mol. The number of carboxylic acid groups (broad SMARTS) is 1. The van der Waals surface area contributed by atoms with E-state index in [2.05, 4.69) is 4.98 Å². The fraction of sp³-hybridized carbons (Fsp3) is 0. The smallest absolute Gasteiger partial charge is 0.355 e. The van der Waals surface area contributed by atoms with Crippen LogP contribution in [0.4, 0.5) is 4.39 Å². The van der Waals surface area contributed by atoms with E-state index in [-0.39, 0.29) is 11.5 Å². The molecule has 3 nitrogen and oxygen atoms in total. The van der Waals surface area contributed by atoms with E-state index in [0.717, 1.165) is 5.56 Å². The summed E-state index contributed by atoms with van der Waals surface area (Å²) in [7, 11) is 0.